The van der Waals surface area contributed by atoms with E-state index in [-0.39, 0.29) is 0 Å². The number of hydrogen-bond acceptors (Lipinski definition) is 3. The maximum Gasteiger partial charge on any atom is 0.0456 e. The van der Waals surface area contributed by atoms with Crippen molar-refractivity contribution in [1.82, 2.24) is 10.2 Å². The number of nitrogens with zero attached hydrogens (tertiary/aromatic N) is 1. The molecular formula is C10H24N2O. The van der Waals surface area contributed by atoms with Gasteiger partial charge >= 0.3 is 0 Å². The monoisotopic (exact) mass is 188 g/mol. The molecule has 3 nitrogen and oxygen atoms in total. The Bertz CT molecular complexity index is 107. The van der Waals surface area contributed by atoms with Gasteiger partial charge in [0.05, 0.1) is 0 Å². The Balaban J connectivity index is 2.99. The van der Waals surface area contributed by atoms with Gasteiger partial charge in [0, 0.05) is 19.7 Å². The van der Waals surface area contributed by atoms with Crippen molar-refractivity contribution in [2.75, 3.05) is 40.3 Å². The van der Waals surface area contributed by atoms with Gasteiger partial charge in [-0.15, -0.1) is 0 Å². The maximum absolute atomic E-state index is 8.78. The average molecular weight is 188 g/mol. The molecule has 0 radical (unpaired) electrons. The van der Waals surface area contributed by atoms with E-state index in [1.807, 2.05) is 0 Å². The number of rotatable bonds is 8. The second-order valence-corrected chi connectivity index (χ2v) is 3.98. The van der Waals surface area contributed by atoms with E-state index in [0.717, 1.165) is 32.5 Å². The molecule has 0 saturated carbocycles. The van der Waals surface area contributed by atoms with Crippen LogP contribution in [-0.4, -0.2) is 50.3 Å². The fourth-order valence-electron chi connectivity index (χ4n) is 1.09. The van der Waals surface area contributed by atoms with E-state index < -0.39 is 0 Å². The van der Waals surface area contributed by atoms with E-state index in [9.17, 15) is 0 Å². The van der Waals surface area contributed by atoms with Crippen LogP contribution in [0.4, 0.5) is 0 Å². The summed E-state index contributed by atoms with van der Waals surface area (Å²) in [5, 5.41) is 12.2. The third-order valence-electron chi connectivity index (χ3n) is 2.10. The van der Waals surface area contributed by atoms with E-state index in [1.54, 1.807) is 0 Å². The smallest absolute Gasteiger partial charge is 0.0456 e. The van der Waals surface area contributed by atoms with Gasteiger partial charge in [0.15, 0.2) is 0 Å². The van der Waals surface area contributed by atoms with Crippen LogP contribution in [0, 0.1) is 5.92 Å². The van der Waals surface area contributed by atoms with Crippen molar-refractivity contribution in [3.05, 3.63) is 0 Å². The molecule has 0 saturated heterocycles. The van der Waals surface area contributed by atoms with Gasteiger partial charge in [-0.1, -0.05) is 6.92 Å². The van der Waals surface area contributed by atoms with E-state index in [4.69, 9.17) is 5.11 Å². The molecule has 0 aromatic heterocycles. The minimum atomic E-state index is 0.317. The van der Waals surface area contributed by atoms with Crippen molar-refractivity contribution in [1.29, 1.82) is 0 Å². The summed E-state index contributed by atoms with van der Waals surface area (Å²) in [6.45, 7) is 5.62. The van der Waals surface area contributed by atoms with Crippen LogP contribution in [0.15, 0.2) is 0 Å². The summed E-state index contributed by atoms with van der Waals surface area (Å²) < 4.78 is 0. The quantitative estimate of drug-likeness (QED) is 0.546. The molecule has 0 bridgehead atoms. The molecule has 0 aliphatic rings. The highest BCUT2D eigenvalue weighted by atomic mass is 16.3. The molecule has 0 amide bonds. The number of nitrogens with one attached hydrogen (secondary N) is 1. The zero-order chi connectivity index (χ0) is 10.1. The molecule has 0 aliphatic heterocycles. The molecule has 0 rings (SSSR count). The number of aliphatic hydroxyl groups excluding tert-OH is 1. The first kappa shape index (κ1) is 12.9. The molecule has 0 aliphatic carbocycles. The molecule has 13 heavy (non-hydrogen) atoms. The second kappa shape index (κ2) is 8.48. The average Bonchev–Trinajstić information content (AvgIpc) is 2.10. The lowest BCUT2D eigenvalue weighted by molar-refractivity contribution is 0.228. The van der Waals surface area contributed by atoms with Crippen molar-refractivity contribution in [3.8, 4) is 0 Å². The van der Waals surface area contributed by atoms with Crippen LogP contribution < -0.4 is 5.32 Å². The summed E-state index contributed by atoms with van der Waals surface area (Å²) in [7, 11) is 4.16. The molecule has 0 heterocycles. The molecule has 3 heteroatoms. The fraction of sp³-hybridized carbons (Fsp3) is 1.00. The van der Waals surface area contributed by atoms with Crippen molar-refractivity contribution >= 4 is 0 Å². The van der Waals surface area contributed by atoms with Crippen LogP contribution in [0.25, 0.3) is 0 Å². The maximum atomic E-state index is 8.78. The molecule has 2 N–H and O–H groups in total. The van der Waals surface area contributed by atoms with Crippen LogP contribution in [0.1, 0.15) is 19.8 Å². The summed E-state index contributed by atoms with van der Waals surface area (Å²) >= 11 is 0. The standard InChI is InChI=1S/C10H24N2O/c1-10(9-13)5-4-6-11-7-8-12(2)3/h10-11,13H,4-9H2,1-3H3. The van der Waals surface area contributed by atoms with E-state index in [2.05, 4.69) is 31.2 Å². The SMILES string of the molecule is CC(CO)CCCNCCN(C)C. The minimum absolute atomic E-state index is 0.317. The highest BCUT2D eigenvalue weighted by molar-refractivity contribution is 4.54. The Kier molecular flexibility index (Phi) is 8.40. The first-order valence-electron chi connectivity index (χ1n) is 5.13. The zero-order valence-electron chi connectivity index (χ0n) is 9.21. The van der Waals surface area contributed by atoms with Gasteiger partial charge in [-0.05, 0) is 39.4 Å². The predicted octanol–water partition coefficient (Wildman–Crippen LogP) is 0.546. The highest BCUT2D eigenvalue weighted by Gasteiger charge is 1.98. The van der Waals surface area contributed by atoms with Gasteiger partial charge < -0.3 is 15.3 Å². The van der Waals surface area contributed by atoms with Gasteiger partial charge in [-0.25, -0.2) is 0 Å². The lowest BCUT2D eigenvalue weighted by Crippen LogP contribution is -2.27. The van der Waals surface area contributed by atoms with E-state index >= 15 is 0 Å². The highest BCUT2D eigenvalue weighted by Crippen LogP contribution is 2.02. The lowest BCUT2D eigenvalue weighted by Gasteiger charge is -2.11. The second-order valence-electron chi connectivity index (χ2n) is 3.98. The van der Waals surface area contributed by atoms with Crippen LogP contribution in [-0.2, 0) is 0 Å². The predicted molar refractivity (Wildman–Crippen MR) is 56.9 cm³/mol. The molecule has 0 aromatic carbocycles. The largest absolute Gasteiger partial charge is 0.396 e. The van der Waals surface area contributed by atoms with Crippen LogP contribution in [0.5, 0.6) is 0 Å². The third-order valence-corrected chi connectivity index (χ3v) is 2.10. The van der Waals surface area contributed by atoms with Crippen molar-refractivity contribution < 1.29 is 5.11 Å². The Morgan fingerprint density at radius 3 is 2.54 bits per heavy atom. The summed E-state index contributed by atoms with van der Waals surface area (Å²) in [5.74, 6) is 0.454. The van der Waals surface area contributed by atoms with Crippen molar-refractivity contribution in [3.63, 3.8) is 0 Å². The van der Waals surface area contributed by atoms with Gasteiger partial charge in [0.25, 0.3) is 0 Å². The van der Waals surface area contributed by atoms with Gasteiger partial charge in [0.2, 0.25) is 0 Å². The van der Waals surface area contributed by atoms with E-state index in [1.165, 1.54) is 0 Å². The molecule has 80 valence electrons. The summed E-state index contributed by atoms with van der Waals surface area (Å²) in [4.78, 5) is 2.17. The van der Waals surface area contributed by atoms with Crippen LogP contribution in [0.2, 0.25) is 0 Å². The summed E-state index contributed by atoms with van der Waals surface area (Å²) in [6.07, 6.45) is 2.28. The molecule has 0 spiro atoms. The summed E-state index contributed by atoms with van der Waals surface area (Å²) in [6, 6.07) is 0. The van der Waals surface area contributed by atoms with Gasteiger partial charge in [-0.3, -0.25) is 0 Å². The van der Waals surface area contributed by atoms with Crippen molar-refractivity contribution in [2.24, 2.45) is 5.92 Å². The first-order valence-corrected chi connectivity index (χ1v) is 5.13. The number of aliphatic hydroxyl groups is 1. The molecule has 1 atom stereocenters. The number of likely N-dealkylation sites (N-methyl/N-ethyl adjacent to an activating group) is 1. The van der Waals surface area contributed by atoms with Gasteiger partial charge in [0.1, 0.15) is 0 Å². The Labute approximate surface area is 82.1 Å². The molecule has 1 unspecified atom stereocenters. The minimum Gasteiger partial charge on any atom is -0.396 e. The van der Waals surface area contributed by atoms with Gasteiger partial charge in [-0.2, -0.15) is 0 Å². The van der Waals surface area contributed by atoms with Crippen LogP contribution >= 0.6 is 0 Å². The molecular weight excluding hydrogens is 164 g/mol. The molecule has 0 fully saturated rings. The summed E-state index contributed by atoms with van der Waals surface area (Å²) in [5.41, 5.74) is 0. The molecule has 0 aromatic rings. The Hall–Kier alpha value is -0.120. The normalized spacial score (nSPS) is 13.6. The fourth-order valence-corrected chi connectivity index (χ4v) is 1.09. The lowest BCUT2D eigenvalue weighted by atomic mass is 10.1. The first-order chi connectivity index (χ1) is 6.16. The Morgan fingerprint density at radius 2 is 2.00 bits per heavy atom. The third kappa shape index (κ3) is 9.80. The zero-order valence-corrected chi connectivity index (χ0v) is 9.21. The topological polar surface area (TPSA) is 35.5 Å². The Morgan fingerprint density at radius 1 is 1.31 bits per heavy atom. The van der Waals surface area contributed by atoms with E-state index in [0.29, 0.717) is 12.5 Å². The van der Waals surface area contributed by atoms with Crippen molar-refractivity contribution in [2.45, 2.75) is 19.8 Å². The number of hydrogen-bond donors (Lipinski definition) is 2. The van der Waals surface area contributed by atoms with Crippen LogP contribution in [0.3, 0.4) is 0 Å².